The van der Waals surface area contributed by atoms with Crippen LogP contribution in [0.15, 0.2) is 12.2 Å². The molecule has 3 aliphatic heterocycles. The number of carbonyl (C=O) groups excluding carboxylic acids is 1. The minimum absolute atomic E-state index is 0.258. The van der Waals surface area contributed by atoms with Crippen molar-refractivity contribution in [1.82, 2.24) is 4.90 Å². The topological polar surface area (TPSA) is 29.5 Å². The van der Waals surface area contributed by atoms with Crippen molar-refractivity contribution >= 4 is 5.97 Å². The van der Waals surface area contributed by atoms with E-state index in [1.807, 2.05) is 0 Å². The monoisotopic (exact) mass is 267 g/mol. The number of piperazine rings is 3. The Kier molecular flexibility index (Phi) is 4.63. The summed E-state index contributed by atoms with van der Waals surface area (Å²) in [6.07, 6.45) is 0.961. The minimum atomic E-state index is -0.258. The van der Waals surface area contributed by atoms with E-state index >= 15 is 0 Å². The first-order chi connectivity index (χ1) is 9.01. The summed E-state index contributed by atoms with van der Waals surface area (Å²) in [5, 5.41) is 0. The summed E-state index contributed by atoms with van der Waals surface area (Å²) >= 11 is 0. The molecule has 19 heavy (non-hydrogen) atoms. The van der Waals surface area contributed by atoms with Crippen LogP contribution in [-0.2, 0) is 9.53 Å². The predicted molar refractivity (Wildman–Crippen MR) is 75.7 cm³/mol. The second-order valence-corrected chi connectivity index (χ2v) is 6.35. The zero-order valence-corrected chi connectivity index (χ0v) is 12.4. The summed E-state index contributed by atoms with van der Waals surface area (Å²) < 4.78 is 6.47. The number of nitrogens with zero attached hydrogens (tertiary/aromatic N) is 2. The van der Waals surface area contributed by atoms with Crippen molar-refractivity contribution in [3.05, 3.63) is 12.2 Å². The molecule has 4 nitrogen and oxygen atoms in total. The van der Waals surface area contributed by atoms with Crippen LogP contribution in [0.4, 0.5) is 0 Å². The van der Waals surface area contributed by atoms with Gasteiger partial charge < -0.3 is 9.22 Å². The Hall–Kier alpha value is -0.870. The lowest BCUT2D eigenvalue weighted by Gasteiger charge is -2.51. The number of rotatable bonds is 6. The fourth-order valence-corrected chi connectivity index (χ4v) is 3.23. The largest absolute Gasteiger partial charge is 0.462 e. The number of fused-ring (bicyclic) bond motifs is 3. The molecule has 0 N–H and O–H groups in total. The molecule has 0 spiro atoms. The Bertz CT molecular complexity index is 332. The van der Waals surface area contributed by atoms with Crippen molar-refractivity contribution < 1.29 is 14.0 Å². The van der Waals surface area contributed by atoms with Crippen molar-refractivity contribution in [2.75, 3.05) is 52.4 Å². The fourth-order valence-electron chi connectivity index (χ4n) is 3.23. The standard InChI is InChI=1S/C15H27N2O2/c1-13(2)15(18)19-11-4-14(3)12-17-8-5-16(6-9-17)7-10-17/h14H,1,4-12H2,2-3H3/q+1. The minimum Gasteiger partial charge on any atom is -0.462 e. The molecule has 3 heterocycles. The van der Waals surface area contributed by atoms with Crippen LogP contribution in [-0.4, -0.2) is 67.8 Å². The van der Waals surface area contributed by atoms with Gasteiger partial charge in [-0.15, -0.1) is 0 Å². The molecule has 0 aromatic rings. The van der Waals surface area contributed by atoms with E-state index in [-0.39, 0.29) is 5.97 Å². The molecule has 0 aromatic carbocycles. The third-order valence-electron chi connectivity index (χ3n) is 4.56. The van der Waals surface area contributed by atoms with E-state index in [1.165, 1.54) is 50.3 Å². The van der Waals surface area contributed by atoms with Gasteiger partial charge in [-0.25, -0.2) is 4.79 Å². The highest BCUT2D eigenvalue weighted by Gasteiger charge is 2.38. The van der Waals surface area contributed by atoms with Crippen LogP contribution < -0.4 is 0 Å². The van der Waals surface area contributed by atoms with E-state index in [2.05, 4.69) is 18.4 Å². The Labute approximate surface area is 116 Å². The Morgan fingerprint density at radius 1 is 1.32 bits per heavy atom. The van der Waals surface area contributed by atoms with Gasteiger partial charge in [0.25, 0.3) is 0 Å². The van der Waals surface area contributed by atoms with Gasteiger partial charge in [0.05, 0.1) is 32.8 Å². The van der Waals surface area contributed by atoms with Gasteiger partial charge in [-0.3, -0.25) is 4.90 Å². The van der Waals surface area contributed by atoms with Crippen LogP contribution in [0.3, 0.4) is 0 Å². The van der Waals surface area contributed by atoms with Crippen LogP contribution in [0.1, 0.15) is 20.3 Å². The average Bonchev–Trinajstić information content (AvgIpc) is 2.40. The quantitative estimate of drug-likeness (QED) is 0.412. The molecule has 0 aromatic heterocycles. The Balaban J connectivity index is 1.70. The van der Waals surface area contributed by atoms with Crippen LogP contribution in [0.2, 0.25) is 0 Å². The summed E-state index contributed by atoms with van der Waals surface area (Å²) in [6.45, 7) is 17.0. The highest BCUT2D eigenvalue weighted by Crippen LogP contribution is 2.22. The van der Waals surface area contributed by atoms with E-state index in [9.17, 15) is 4.79 Å². The van der Waals surface area contributed by atoms with Gasteiger partial charge in [0.15, 0.2) is 0 Å². The second-order valence-electron chi connectivity index (χ2n) is 6.35. The lowest BCUT2D eigenvalue weighted by Crippen LogP contribution is -2.68. The smallest absolute Gasteiger partial charge is 0.333 e. The molecule has 4 heteroatoms. The maximum Gasteiger partial charge on any atom is 0.333 e. The van der Waals surface area contributed by atoms with Crippen molar-refractivity contribution in [2.24, 2.45) is 5.92 Å². The molecule has 1 unspecified atom stereocenters. The van der Waals surface area contributed by atoms with Crippen molar-refractivity contribution in [3.63, 3.8) is 0 Å². The van der Waals surface area contributed by atoms with Gasteiger partial charge in [-0.1, -0.05) is 13.5 Å². The highest BCUT2D eigenvalue weighted by molar-refractivity contribution is 5.86. The van der Waals surface area contributed by atoms with Crippen LogP contribution in [0.25, 0.3) is 0 Å². The van der Waals surface area contributed by atoms with Gasteiger partial charge in [-0.2, -0.15) is 0 Å². The lowest BCUT2D eigenvalue weighted by atomic mass is 10.0. The molecule has 3 saturated heterocycles. The van der Waals surface area contributed by atoms with Gasteiger partial charge in [0.1, 0.15) is 0 Å². The summed E-state index contributed by atoms with van der Waals surface area (Å²) in [7, 11) is 0. The van der Waals surface area contributed by atoms with Crippen molar-refractivity contribution in [2.45, 2.75) is 20.3 Å². The summed E-state index contributed by atoms with van der Waals surface area (Å²) in [5.74, 6) is 0.355. The van der Waals surface area contributed by atoms with Crippen molar-refractivity contribution in [1.29, 1.82) is 0 Å². The molecule has 3 fully saturated rings. The number of quaternary nitrogens is 1. The zero-order valence-electron chi connectivity index (χ0n) is 12.4. The molecule has 1 atom stereocenters. The van der Waals surface area contributed by atoms with Crippen molar-refractivity contribution in [3.8, 4) is 0 Å². The van der Waals surface area contributed by atoms with E-state index in [0.717, 1.165) is 6.42 Å². The third kappa shape index (κ3) is 3.80. The van der Waals surface area contributed by atoms with E-state index < -0.39 is 0 Å². The first kappa shape index (κ1) is 14.5. The number of ether oxygens (including phenoxy) is 1. The predicted octanol–water partition coefficient (Wildman–Crippen LogP) is 1.28. The first-order valence-electron chi connectivity index (χ1n) is 7.41. The first-order valence-corrected chi connectivity index (χ1v) is 7.41. The second kappa shape index (κ2) is 6.06. The molecule has 0 radical (unpaired) electrons. The van der Waals surface area contributed by atoms with Gasteiger partial charge >= 0.3 is 5.97 Å². The molecule has 2 bridgehead atoms. The molecule has 0 aliphatic carbocycles. The zero-order chi connectivity index (χ0) is 13.9. The third-order valence-corrected chi connectivity index (χ3v) is 4.56. The Morgan fingerprint density at radius 2 is 1.89 bits per heavy atom. The number of esters is 1. The summed E-state index contributed by atoms with van der Waals surface area (Å²) in [6, 6.07) is 0. The van der Waals surface area contributed by atoms with Gasteiger partial charge in [-0.05, 0) is 13.3 Å². The molecular formula is C15H27N2O2+. The van der Waals surface area contributed by atoms with Crippen LogP contribution in [0.5, 0.6) is 0 Å². The van der Waals surface area contributed by atoms with E-state index in [4.69, 9.17) is 4.74 Å². The molecule has 0 saturated carbocycles. The molecule has 108 valence electrons. The molecular weight excluding hydrogens is 240 g/mol. The molecule has 0 amide bonds. The van der Waals surface area contributed by atoms with Gasteiger partial charge in [0, 0.05) is 31.1 Å². The van der Waals surface area contributed by atoms with Crippen LogP contribution in [0, 0.1) is 5.92 Å². The van der Waals surface area contributed by atoms with E-state index in [1.54, 1.807) is 6.92 Å². The van der Waals surface area contributed by atoms with E-state index in [0.29, 0.717) is 18.1 Å². The lowest BCUT2D eigenvalue weighted by molar-refractivity contribution is -0.943. The summed E-state index contributed by atoms with van der Waals surface area (Å²) in [4.78, 5) is 13.9. The SMILES string of the molecule is C=C(C)C(=O)OCCC(C)C[N+]12CCN(CC1)CC2. The van der Waals surface area contributed by atoms with Gasteiger partial charge in [0.2, 0.25) is 0 Å². The number of carbonyl (C=O) groups is 1. The molecule has 3 rings (SSSR count). The number of hydrogen-bond donors (Lipinski definition) is 0. The maximum absolute atomic E-state index is 11.3. The maximum atomic E-state index is 11.3. The normalized spacial score (nSPS) is 30.9. The van der Waals surface area contributed by atoms with Crippen LogP contribution >= 0.6 is 0 Å². The molecule has 3 aliphatic rings. The number of hydrogen-bond acceptors (Lipinski definition) is 3. The average molecular weight is 267 g/mol. The Morgan fingerprint density at radius 3 is 2.42 bits per heavy atom. The summed E-state index contributed by atoms with van der Waals surface area (Å²) in [5.41, 5.74) is 0.488. The fraction of sp³-hybridized carbons (Fsp3) is 0.800. The highest BCUT2D eigenvalue weighted by atomic mass is 16.5.